The van der Waals surface area contributed by atoms with Gasteiger partial charge in [0.1, 0.15) is 10.9 Å². The Bertz CT molecular complexity index is 849. The molecule has 10 heteroatoms. The van der Waals surface area contributed by atoms with Gasteiger partial charge in [-0.1, -0.05) is 35.9 Å². The molecule has 2 atom stereocenters. The first-order chi connectivity index (χ1) is 13.9. The van der Waals surface area contributed by atoms with Crippen molar-refractivity contribution in [1.29, 1.82) is 0 Å². The molecule has 2 N–H and O–H groups in total. The molecule has 1 aromatic carbocycles. The average molecular weight is 555 g/mol. The normalized spacial score (nSPS) is 18.4. The number of alkyl halides is 3. The Morgan fingerprint density at radius 2 is 2.03 bits per heavy atom. The molecule has 1 fully saturated rings. The summed E-state index contributed by atoms with van der Waals surface area (Å²) in [6, 6.07) is 9.91. The minimum atomic E-state index is -4.71. The number of nitrogens with zero attached hydrogens (tertiary/aromatic N) is 2. The van der Waals surface area contributed by atoms with Gasteiger partial charge in [0.15, 0.2) is 5.96 Å². The maximum Gasteiger partial charge on any atom is 0.573 e. The Morgan fingerprint density at radius 1 is 1.27 bits per heavy atom. The van der Waals surface area contributed by atoms with E-state index in [0.29, 0.717) is 42.6 Å². The fraction of sp³-hybridized carbons (Fsp3) is 0.400. The van der Waals surface area contributed by atoms with Crippen LogP contribution in [-0.2, 0) is 6.42 Å². The molecule has 3 rings (SSSR count). The van der Waals surface area contributed by atoms with Crippen LogP contribution >= 0.6 is 35.6 Å². The number of halogens is 5. The van der Waals surface area contributed by atoms with Crippen LogP contribution in [0.15, 0.2) is 47.6 Å². The first-order valence-electron chi connectivity index (χ1n) is 9.35. The highest BCUT2D eigenvalue weighted by molar-refractivity contribution is 14.0. The molecule has 164 valence electrons. The molecule has 2 unspecified atom stereocenters. The van der Waals surface area contributed by atoms with E-state index in [0.717, 1.165) is 5.56 Å². The van der Waals surface area contributed by atoms with Crippen molar-refractivity contribution >= 4 is 41.5 Å². The van der Waals surface area contributed by atoms with Gasteiger partial charge in [0, 0.05) is 31.2 Å². The molecule has 0 saturated heterocycles. The van der Waals surface area contributed by atoms with Crippen molar-refractivity contribution in [3.63, 3.8) is 0 Å². The summed E-state index contributed by atoms with van der Waals surface area (Å²) < 4.78 is 42.1. The van der Waals surface area contributed by atoms with Crippen LogP contribution in [0.25, 0.3) is 0 Å². The van der Waals surface area contributed by atoms with Gasteiger partial charge in [-0.3, -0.25) is 4.99 Å². The Labute approximate surface area is 195 Å². The third-order valence-corrected chi connectivity index (χ3v) is 4.68. The third kappa shape index (κ3) is 7.50. The Morgan fingerprint density at radius 3 is 2.70 bits per heavy atom. The van der Waals surface area contributed by atoms with Crippen molar-refractivity contribution in [3.8, 4) is 5.75 Å². The van der Waals surface area contributed by atoms with E-state index < -0.39 is 6.36 Å². The lowest BCUT2D eigenvalue weighted by molar-refractivity contribution is -0.274. The first-order valence-corrected chi connectivity index (χ1v) is 9.73. The molecule has 1 heterocycles. The monoisotopic (exact) mass is 554 g/mol. The maximum atomic E-state index is 12.6. The summed E-state index contributed by atoms with van der Waals surface area (Å²) in [5.41, 5.74) is 1.57. The van der Waals surface area contributed by atoms with E-state index in [1.807, 2.05) is 13.0 Å². The zero-order chi connectivity index (χ0) is 20.9. The number of nitrogens with one attached hydrogen (secondary N) is 2. The number of rotatable bonds is 7. The van der Waals surface area contributed by atoms with Crippen LogP contribution in [0.1, 0.15) is 30.4 Å². The lowest BCUT2D eigenvalue weighted by Gasteiger charge is -2.14. The molecular formula is C20H23ClF3IN4O. The number of pyridine rings is 1. The van der Waals surface area contributed by atoms with E-state index >= 15 is 0 Å². The fourth-order valence-corrected chi connectivity index (χ4v) is 3.16. The van der Waals surface area contributed by atoms with Crippen molar-refractivity contribution in [2.24, 2.45) is 4.99 Å². The highest BCUT2D eigenvalue weighted by Crippen LogP contribution is 2.45. The van der Waals surface area contributed by atoms with Gasteiger partial charge in [0.05, 0.1) is 0 Å². The summed E-state index contributed by atoms with van der Waals surface area (Å²) in [6.07, 6.45) is -1.58. The van der Waals surface area contributed by atoms with E-state index in [1.54, 1.807) is 24.4 Å². The van der Waals surface area contributed by atoms with Crippen LogP contribution in [-0.4, -0.2) is 36.4 Å². The van der Waals surface area contributed by atoms with Gasteiger partial charge in [0.2, 0.25) is 0 Å². The van der Waals surface area contributed by atoms with Crippen LogP contribution in [0.4, 0.5) is 13.2 Å². The largest absolute Gasteiger partial charge is 0.573 e. The van der Waals surface area contributed by atoms with Crippen LogP contribution in [0.3, 0.4) is 0 Å². The van der Waals surface area contributed by atoms with E-state index in [1.165, 1.54) is 12.1 Å². The van der Waals surface area contributed by atoms with E-state index in [4.69, 9.17) is 11.6 Å². The molecule has 1 aliphatic rings. The molecule has 0 aliphatic heterocycles. The van der Waals surface area contributed by atoms with Crippen molar-refractivity contribution < 1.29 is 17.9 Å². The lowest BCUT2D eigenvalue weighted by atomic mass is 10.1. The molecule has 1 aliphatic carbocycles. The molecule has 0 radical (unpaired) electrons. The standard InChI is InChI=1S/C20H22ClF3N4O.HI/c1-2-25-19(26-10-9-13-7-8-18(21)27-12-13)28-16-11-15(16)14-5-3-4-6-17(14)29-20(22,23)24;/h3-8,12,15-16H,2,9-11H2,1H3,(H2,25,26,28);1H. The number of hydrogen-bond acceptors (Lipinski definition) is 3. The van der Waals surface area contributed by atoms with Crippen molar-refractivity contribution in [3.05, 3.63) is 58.9 Å². The van der Waals surface area contributed by atoms with E-state index in [9.17, 15) is 13.2 Å². The Balaban J connectivity index is 0.00000320. The Hall–Kier alpha value is -1.75. The smallest absolute Gasteiger partial charge is 0.405 e. The first kappa shape index (κ1) is 24.5. The summed E-state index contributed by atoms with van der Waals surface area (Å²) in [5.74, 6) is 0.431. The predicted molar refractivity (Wildman–Crippen MR) is 122 cm³/mol. The van der Waals surface area contributed by atoms with E-state index in [-0.39, 0.29) is 41.7 Å². The van der Waals surface area contributed by atoms with Crippen molar-refractivity contribution in [2.75, 3.05) is 13.1 Å². The molecule has 30 heavy (non-hydrogen) atoms. The van der Waals surface area contributed by atoms with Gasteiger partial charge in [-0.2, -0.15) is 0 Å². The third-order valence-electron chi connectivity index (χ3n) is 4.46. The molecule has 0 spiro atoms. The number of aromatic nitrogens is 1. The molecule has 5 nitrogen and oxygen atoms in total. The van der Waals surface area contributed by atoms with E-state index in [2.05, 4.69) is 25.3 Å². The number of para-hydroxylation sites is 1. The van der Waals surface area contributed by atoms with Crippen LogP contribution in [0.2, 0.25) is 5.15 Å². The average Bonchev–Trinajstić information content (AvgIpc) is 3.41. The number of guanidine groups is 1. The van der Waals surface area contributed by atoms with Gasteiger partial charge in [-0.15, -0.1) is 37.1 Å². The van der Waals surface area contributed by atoms with Gasteiger partial charge in [-0.05, 0) is 43.0 Å². The van der Waals surface area contributed by atoms with Crippen LogP contribution < -0.4 is 15.4 Å². The minimum Gasteiger partial charge on any atom is -0.405 e. The second-order valence-electron chi connectivity index (χ2n) is 6.68. The minimum absolute atomic E-state index is 0. The van der Waals surface area contributed by atoms with Crippen LogP contribution in [0.5, 0.6) is 5.75 Å². The second-order valence-corrected chi connectivity index (χ2v) is 7.07. The summed E-state index contributed by atoms with van der Waals surface area (Å²) in [6.45, 7) is 3.18. The number of benzene rings is 1. The molecule has 2 aromatic rings. The summed E-state index contributed by atoms with van der Waals surface area (Å²) in [5, 5.41) is 6.90. The maximum absolute atomic E-state index is 12.6. The van der Waals surface area contributed by atoms with Gasteiger partial charge < -0.3 is 15.4 Å². The fourth-order valence-electron chi connectivity index (χ4n) is 3.05. The van der Waals surface area contributed by atoms with Gasteiger partial charge in [0.25, 0.3) is 0 Å². The summed E-state index contributed by atoms with van der Waals surface area (Å²) >= 11 is 5.78. The summed E-state index contributed by atoms with van der Waals surface area (Å²) in [7, 11) is 0. The number of hydrogen-bond donors (Lipinski definition) is 2. The zero-order valence-electron chi connectivity index (χ0n) is 16.2. The van der Waals surface area contributed by atoms with Crippen LogP contribution in [0, 0.1) is 0 Å². The molecular weight excluding hydrogens is 532 g/mol. The topological polar surface area (TPSA) is 58.5 Å². The molecule has 0 amide bonds. The molecule has 1 saturated carbocycles. The zero-order valence-corrected chi connectivity index (χ0v) is 19.3. The lowest BCUT2D eigenvalue weighted by Crippen LogP contribution is -2.39. The highest BCUT2D eigenvalue weighted by Gasteiger charge is 2.42. The highest BCUT2D eigenvalue weighted by atomic mass is 127. The predicted octanol–water partition coefficient (Wildman–Crippen LogP) is 4.91. The molecule has 1 aromatic heterocycles. The quantitative estimate of drug-likeness (QED) is 0.221. The SMILES string of the molecule is CCNC(=NCCc1ccc(Cl)nc1)NC1CC1c1ccccc1OC(F)(F)F.I. The molecule has 0 bridgehead atoms. The Kier molecular flexibility index (Phi) is 9.02. The van der Waals surface area contributed by atoms with Crippen molar-refractivity contribution in [1.82, 2.24) is 15.6 Å². The second kappa shape index (κ2) is 11.0. The van der Waals surface area contributed by atoms with Gasteiger partial charge in [-0.25, -0.2) is 4.98 Å². The van der Waals surface area contributed by atoms with Crippen molar-refractivity contribution in [2.45, 2.75) is 38.1 Å². The summed E-state index contributed by atoms with van der Waals surface area (Å²) in [4.78, 5) is 8.59. The number of ether oxygens (including phenoxy) is 1. The van der Waals surface area contributed by atoms with Gasteiger partial charge >= 0.3 is 6.36 Å². The number of aliphatic imine (C=N–C) groups is 1.